The van der Waals surface area contributed by atoms with Crippen LogP contribution in [0.3, 0.4) is 0 Å². The molecule has 1 aromatic heterocycles. The predicted octanol–water partition coefficient (Wildman–Crippen LogP) is 2.51. The van der Waals surface area contributed by atoms with E-state index in [2.05, 4.69) is 20.6 Å². The number of amides is 2. The van der Waals surface area contributed by atoms with Crippen molar-refractivity contribution in [2.45, 2.75) is 38.6 Å². The number of hydrogen-bond donors (Lipinski definition) is 1. The van der Waals surface area contributed by atoms with E-state index in [0.717, 1.165) is 23.2 Å². The summed E-state index contributed by atoms with van der Waals surface area (Å²) in [6, 6.07) is 8.99. The number of nitrogens with zero attached hydrogens (tertiary/aromatic N) is 6. The van der Waals surface area contributed by atoms with Crippen molar-refractivity contribution >= 4 is 18.1 Å². The van der Waals surface area contributed by atoms with E-state index in [1.807, 2.05) is 48.1 Å². The number of aliphatic imine (C=N–C) groups is 1. The van der Waals surface area contributed by atoms with Crippen LogP contribution in [0, 0.1) is 0 Å². The molecule has 4 rings (SSSR count). The monoisotopic (exact) mass is 439 g/mol. The molecule has 1 saturated heterocycles. The Morgan fingerprint density at radius 1 is 1.34 bits per heavy atom. The van der Waals surface area contributed by atoms with Gasteiger partial charge in [-0.2, -0.15) is 10.2 Å². The normalized spacial score (nSPS) is 20.2. The van der Waals surface area contributed by atoms with E-state index in [-0.39, 0.29) is 18.1 Å². The minimum absolute atomic E-state index is 0.185. The van der Waals surface area contributed by atoms with Crippen LogP contribution >= 0.6 is 0 Å². The summed E-state index contributed by atoms with van der Waals surface area (Å²) in [6.07, 6.45) is 4.39. The molecule has 32 heavy (non-hydrogen) atoms. The third-order valence-electron chi connectivity index (χ3n) is 5.59. The first kappa shape index (κ1) is 21.8. The highest BCUT2D eigenvalue weighted by atomic mass is 16.7. The van der Waals surface area contributed by atoms with Gasteiger partial charge in [0.1, 0.15) is 31.1 Å². The number of hydroxylamine groups is 2. The minimum Gasteiger partial charge on any atom is -0.396 e. The van der Waals surface area contributed by atoms with E-state index in [1.165, 1.54) is 5.06 Å². The van der Waals surface area contributed by atoms with Crippen LogP contribution in [0.15, 0.2) is 46.7 Å². The number of fused-ring (bicyclic) bond motifs is 4. The van der Waals surface area contributed by atoms with E-state index >= 15 is 0 Å². The average molecular weight is 440 g/mol. The van der Waals surface area contributed by atoms with Crippen molar-refractivity contribution in [2.75, 3.05) is 27.2 Å². The topological polar surface area (TPSA) is 96.6 Å². The number of carbonyl (C=O) groups is 1. The van der Waals surface area contributed by atoms with Crippen molar-refractivity contribution in [2.24, 2.45) is 10.1 Å². The molecule has 1 fully saturated rings. The third-order valence-corrected chi connectivity index (χ3v) is 5.59. The maximum atomic E-state index is 13.3. The quantitative estimate of drug-likeness (QED) is 0.280. The Balaban J connectivity index is 1.63. The van der Waals surface area contributed by atoms with Crippen molar-refractivity contribution < 1.29 is 14.5 Å². The molecule has 2 atom stereocenters. The summed E-state index contributed by atoms with van der Waals surface area (Å²) in [5.41, 5.74) is 2.85. The van der Waals surface area contributed by atoms with Crippen molar-refractivity contribution in [3.05, 3.63) is 53.3 Å². The van der Waals surface area contributed by atoms with Crippen LogP contribution in [0.1, 0.15) is 42.2 Å². The zero-order valence-corrected chi connectivity index (χ0v) is 18.6. The number of nitrogens with one attached hydrogen (secondary N) is 1. The van der Waals surface area contributed by atoms with Crippen molar-refractivity contribution in [1.82, 2.24) is 25.1 Å². The van der Waals surface area contributed by atoms with E-state index in [1.54, 1.807) is 25.2 Å². The molecule has 1 N–H and O–H groups in total. The molecule has 2 aromatic rings. The molecule has 10 nitrogen and oxygen atoms in total. The van der Waals surface area contributed by atoms with Crippen molar-refractivity contribution in [3.63, 3.8) is 0 Å². The standard InChI is InChI=1S/C22H29N7O3/c1-4-12-31-26-10-11-28-19-17(13-25-28)18-14-27(20(19)21(23-2)24-3)22(30)29(18)32-15-16-8-6-5-7-9-16/h5-10,13,18,20H,4,11-12,14-15H2,1-3H3,(H,23,24)/b26-10+/t18-,20-/m0/s1. The molecule has 0 radical (unpaired) electrons. The molecule has 0 spiro atoms. The van der Waals surface area contributed by atoms with Crippen molar-refractivity contribution in [1.29, 1.82) is 0 Å². The molecule has 2 aliphatic rings. The number of hydrogen-bond acceptors (Lipinski definition) is 6. The smallest absolute Gasteiger partial charge is 0.345 e. The fourth-order valence-electron chi connectivity index (χ4n) is 4.12. The maximum Gasteiger partial charge on any atom is 0.345 e. The SMILES string of the molecule is CCCO/N=C/Cn1ncc2c1[C@@H](C(=NC)NC)N1C[C@@H]2N(OCc2ccccc2)C1=O. The molecule has 3 heterocycles. The molecular formula is C22H29N7O3. The van der Waals surface area contributed by atoms with Crippen LogP contribution in [0.4, 0.5) is 4.79 Å². The van der Waals surface area contributed by atoms with Crippen LogP contribution in [0.2, 0.25) is 0 Å². The summed E-state index contributed by atoms with van der Waals surface area (Å²) >= 11 is 0. The Bertz CT molecular complexity index is 989. The van der Waals surface area contributed by atoms with E-state index < -0.39 is 0 Å². The van der Waals surface area contributed by atoms with Crippen LogP contribution in [-0.2, 0) is 22.8 Å². The molecule has 10 heteroatoms. The van der Waals surface area contributed by atoms with E-state index in [0.29, 0.717) is 32.1 Å². The Hall–Kier alpha value is -3.40. The number of likely N-dealkylation sites (N-methyl/N-ethyl adjacent to an activating group) is 1. The highest BCUT2D eigenvalue weighted by molar-refractivity contribution is 5.93. The number of amidine groups is 1. The Morgan fingerprint density at radius 3 is 2.88 bits per heavy atom. The van der Waals surface area contributed by atoms with Gasteiger partial charge in [0, 0.05) is 19.7 Å². The van der Waals surface area contributed by atoms with Gasteiger partial charge in [0.25, 0.3) is 0 Å². The summed E-state index contributed by atoms with van der Waals surface area (Å²) in [7, 11) is 3.52. The molecule has 0 saturated carbocycles. The summed E-state index contributed by atoms with van der Waals surface area (Å²) in [4.78, 5) is 30.7. The van der Waals surface area contributed by atoms with Crippen molar-refractivity contribution in [3.8, 4) is 0 Å². The number of urea groups is 1. The van der Waals surface area contributed by atoms with Gasteiger partial charge in [-0.25, -0.2) is 4.79 Å². The van der Waals surface area contributed by atoms with Crippen LogP contribution < -0.4 is 5.32 Å². The fourth-order valence-corrected chi connectivity index (χ4v) is 4.12. The van der Waals surface area contributed by atoms with Gasteiger partial charge in [0.2, 0.25) is 0 Å². The average Bonchev–Trinajstić information content (AvgIpc) is 3.36. The Morgan fingerprint density at radius 2 is 2.16 bits per heavy atom. The van der Waals surface area contributed by atoms with Gasteiger partial charge in [-0.05, 0) is 12.0 Å². The van der Waals surface area contributed by atoms with Gasteiger partial charge in [0.05, 0.1) is 31.2 Å². The number of rotatable bonds is 9. The number of carbonyl (C=O) groups excluding carboxylic acids is 1. The lowest BCUT2D eigenvalue weighted by Gasteiger charge is -2.32. The molecule has 2 bridgehead atoms. The predicted molar refractivity (Wildman–Crippen MR) is 120 cm³/mol. The van der Waals surface area contributed by atoms with Gasteiger partial charge in [0.15, 0.2) is 0 Å². The largest absolute Gasteiger partial charge is 0.396 e. The number of oxime groups is 1. The third kappa shape index (κ3) is 4.05. The second kappa shape index (κ2) is 9.82. The molecule has 0 aliphatic carbocycles. The number of benzene rings is 1. The zero-order valence-electron chi connectivity index (χ0n) is 18.6. The lowest BCUT2D eigenvalue weighted by molar-refractivity contribution is -0.141. The van der Waals surface area contributed by atoms with Gasteiger partial charge in [-0.1, -0.05) is 42.4 Å². The Kier molecular flexibility index (Phi) is 6.69. The summed E-state index contributed by atoms with van der Waals surface area (Å²) < 4.78 is 1.84. The van der Waals surface area contributed by atoms with Gasteiger partial charge in [-0.15, -0.1) is 0 Å². The molecule has 2 aliphatic heterocycles. The lowest BCUT2D eigenvalue weighted by Crippen LogP contribution is -2.43. The molecule has 170 valence electrons. The summed E-state index contributed by atoms with van der Waals surface area (Å²) in [6.45, 7) is 3.84. The minimum atomic E-state index is -0.387. The molecule has 0 unspecified atom stereocenters. The zero-order chi connectivity index (χ0) is 22.5. The lowest BCUT2D eigenvalue weighted by atomic mass is 9.97. The first-order valence-corrected chi connectivity index (χ1v) is 10.8. The molecule has 2 amide bonds. The van der Waals surface area contributed by atoms with Gasteiger partial charge < -0.3 is 15.1 Å². The highest BCUT2D eigenvalue weighted by Gasteiger charge is 2.51. The first-order valence-electron chi connectivity index (χ1n) is 10.8. The van der Waals surface area contributed by atoms with Gasteiger partial charge in [-0.3, -0.25) is 14.5 Å². The van der Waals surface area contributed by atoms with Crippen LogP contribution in [0.25, 0.3) is 0 Å². The number of aromatic nitrogens is 2. The van der Waals surface area contributed by atoms with E-state index in [4.69, 9.17) is 9.68 Å². The van der Waals surface area contributed by atoms with Gasteiger partial charge >= 0.3 is 6.03 Å². The Labute approximate surface area is 187 Å². The summed E-state index contributed by atoms with van der Waals surface area (Å²) in [5, 5.41) is 13.2. The first-order chi connectivity index (χ1) is 15.7. The molecular weight excluding hydrogens is 410 g/mol. The maximum absolute atomic E-state index is 13.3. The van der Waals surface area contributed by atoms with Crippen LogP contribution in [0.5, 0.6) is 0 Å². The fraction of sp³-hybridized carbons (Fsp3) is 0.455. The van der Waals surface area contributed by atoms with Crippen LogP contribution in [-0.4, -0.2) is 65.1 Å². The summed E-state index contributed by atoms with van der Waals surface area (Å²) in [5.74, 6) is 0.684. The second-order valence-corrected chi connectivity index (χ2v) is 7.59. The molecule has 1 aromatic carbocycles. The van der Waals surface area contributed by atoms with E-state index in [9.17, 15) is 4.79 Å². The second-order valence-electron chi connectivity index (χ2n) is 7.59. The highest BCUT2D eigenvalue weighted by Crippen LogP contribution is 2.44.